The molecule has 1 aliphatic carbocycles. The lowest BCUT2D eigenvalue weighted by Crippen LogP contribution is -2.27. The van der Waals surface area contributed by atoms with Gasteiger partial charge < -0.3 is 10.3 Å². The van der Waals surface area contributed by atoms with E-state index in [0.717, 1.165) is 65.2 Å². The van der Waals surface area contributed by atoms with Crippen molar-refractivity contribution in [3.05, 3.63) is 77.6 Å². The third-order valence-corrected chi connectivity index (χ3v) is 6.56. The highest BCUT2D eigenvalue weighted by Crippen LogP contribution is 2.40. The van der Waals surface area contributed by atoms with Crippen LogP contribution in [0.5, 0.6) is 0 Å². The van der Waals surface area contributed by atoms with Gasteiger partial charge in [-0.05, 0) is 79.3 Å². The molecule has 5 heteroatoms. The van der Waals surface area contributed by atoms with E-state index in [9.17, 15) is 13.2 Å². The number of benzene rings is 2. The summed E-state index contributed by atoms with van der Waals surface area (Å²) in [6.07, 6.45) is 3.92. The summed E-state index contributed by atoms with van der Waals surface area (Å²) in [6, 6.07) is 11.9. The topological polar surface area (TPSA) is 27.8 Å². The van der Waals surface area contributed by atoms with Crippen LogP contribution >= 0.6 is 0 Å². The van der Waals surface area contributed by atoms with Crippen molar-refractivity contribution < 1.29 is 13.2 Å². The van der Waals surface area contributed by atoms with Crippen LogP contribution in [0.2, 0.25) is 0 Å². The van der Waals surface area contributed by atoms with Crippen LogP contribution in [0, 0.1) is 11.8 Å². The van der Waals surface area contributed by atoms with Gasteiger partial charge in [0.05, 0.1) is 11.3 Å². The Bertz CT molecular complexity index is 1040. The minimum Gasteiger partial charge on any atom is -0.359 e. The molecule has 3 aromatic rings. The minimum atomic E-state index is -4.28. The summed E-state index contributed by atoms with van der Waals surface area (Å²) >= 11 is 0. The van der Waals surface area contributed by atoms with E-state index >= 15 is 0 Å². The second kappa shape index (κ2) is 8.81. The molecule has 0 radical (unpaired) electrons. The van der Waals surface area contributed by atoms with Crippen LogP contribution in [0.3, 0.4) is 0 Å². The predicted octanol–water partition coefficient (Wildman–Crippen LogP) is 7.72. The molecule has 4 rings (SSSR count). The molecular formula is C26H29F3N2. The third kappa shape index (κ3) is 4.97. The maximum atomic E-state index is 12.7. The van der Waals surface area contributed by atoms with Crippen LogP contribution in [0.1, 0.15) is 49.3 Å². The largest absolute Gasteiger partial charge is 0.416 e. The highest BCUT2D eigenvalue weighted by molar-refractivity contribution is 5.93. The third-order valence-electron chi connectivity index (χ3n) is 6.56. The summed E-state index contributed by atoms with van der Waals surface area (Å²) in [5.41, 5.74) is 4.80. The Morgan fingerprint density at radius 2 is 1.74 bits per heavy atom. The zero-order valence-electron chi connectivity index (χ0n) is 17.9. The maximum Gasteiger partial charge on any atom is 0.416 e. The van der Waals surface area contributed by atoms with Crippen molar-refractivity contribution in [2.24, 2.45) is 11.8 Å². The van der Waals surface area contributed by atoms with Crippen LogP contribution in [-0.4, -0.2) is 4.98 Å². The van der Waals surface area contributed by atoms with Gasteiger partial charge in [0.2, 0.25) is 0 Å². The van der Waals surface area contributed by atoms with Crippen molar-refractivity contribution >= 4 is 16.6 Å². The van der Waals surface area contributed by atoms with Crippen molar-refractivity contribution in [3.8, 4) is 0 Å². The fraction of sp³-hybridized carbons (Fsp3) is 0.385. The van der Waals surface area contributed by atoms with Crippen LogP contribution in [0.15, 0.2) is 60.9 Å². The van der Waals surface area contributed by atoms with Gasteiger partial charge in [0.15, 0.2) is 0 Å². The Hall–Kier alpha value is -2.69. The van der Waals surface area contributed by atoms with E-state index in [1.54, 1.807) is 12.1 Å². The van der Waals surface area contributed by atoms with Gasteiger partial charge in [0, 0.05) is 22.8 Å². The summed E-state index contributed by atoms with van der Waals surface area (Å²) < 4.78 is 38.1. The molecule has 1 aromatic heterocycles. The van der Waals surface area contributed by atoms with Crippen molar-refractivity contribution in [3.63, 3.8) is 0 Å². The Morgan fingerprint density at radius 1 is 1.06 bits per heavy atom. The van der Waals surface area contributed by atoms with Crippen molar-refractivity contribution in [2.45, 2.75) is 51.6 Å². The van der Waals surface area contributed by atoms with E-state index < -0.39 is 11.7 Å². The van der Waals surface area contributed by atoms with Gasteiger partial charge in [0.1, 0.15) is 0 Å². The molecular weight excluding hydrogens is 397 g/mol. The van der Waals surface area contributed by atoms with Gasteiger partial charge in [-0.15, -0.1) is 0 Å². The summed E-state index contributed by atoms with van der Waals surface area (Å²) in [5, 5.41) is 4.67. The molecule has 1 fully saturated rings. The maximum absolute atomic E-state index is 12.7. The van der Waals surface area contributed by atoms with Crippen molar-refractivity contribution in [2.75, 3.05) is 5.32 Å². The number of halogens is 3. The summed E-state index contributed by atoms with van der Waals surface area (Å²) in [7, 11) is 0. The molecule has 31 heavy (non-hydrogen) atoms. The highest BCUT2D eigenvalue weighted by atomic mass is 19.4. The quantitative estimate of drug-likeness (QED) is 0.379. The fourth-order valence-electron chi connectivity index (χ4n) is 4.41. The van der Waals surface area contributed by atoms with Gasteiger partial charge >= 0.3 is 6.18 Å². The average Bonchev–Trinajstić information content (AvgIpc) is 3.09. The van der Waals surface area contributed by atoms with E-state index in [0.29, 0.717) is 5.92 Å². The van der Waals surface area contributed by atoms with Gasteiger partial charge in [-0.3, -0.25) is 0 Å². The van der Waals surface area contributed by atoms with E-state index in [2.05, 4.69) is 42.0 Å². The number of H-pyrrole nitrogens is 1. The second-order valence-electron chi connectivity index (χ2n) is 8.72. The summed E-state index contributed by atoms with van der Waals surface area (Å²) in [6.45, 7) is 6.50. The Balaban J connectivity index is 1.35. The normalized spacial score (nSPS) is 18.7. The molecule has 2 nitrogen and oxygen atoms in total. The number of hydrogen-bond donors (Lipinski definition) is 2. The molecule has 164 valence electrons. The van der Waals surface area contributed by atoms with E-state index in [1.807, 2.05) is 6.20 Å². The molecule has 0 bridgehead atoms. The van der Waals surface area contributed by atoms with Crippen LogP contribution in [-0.2, 0) is 19.0 Å². The minimum absolute atomic E-state index is 0.557. The number of hydrogen-bond acceptors (Lipinski definition) is 1. The zero-order chi connectivity index (χ0) is 22.0. The Labute approximate surface area is 181 Å². The molecule has 0 spiro atoms. The molecule has 0 aliphatic heterocycles. The zero-order valence-corrected chi connectivity index (χ0v) is 17.9. The number of anilines is 1. The molecule has 0 atom stereocenters. The number of allylic oxidation sites excluding steroid dienone is 1. The number of rotatable bonds is 8. The SMILES string of the molecule is C=C(Nc1c[nH]c2ccc(CCCc3ccc(C(F)(F)F)cc3)cc12)C1CC(CC)C1. The monoisotopic (exact) mass is 426 g/mol. The van der Waals surface area contributed by atoms with E-state index in [1.165, 1.54) is 24.8 Å². The Morgan fingerprint density at radius 3 is 2.42 bits per heavy atom. The smallest absolute Gasteiger partial charge is 0.359 e. The van der Waals surface area contributed by atoms with Crippen LogP contribution in [0.4, 0.5) is 18.9 Å². The first-order valence-electron chi connectivity index (χ1n) is 11.1. The standard InChI is InChI=1S/C26H29F3N2/c1-3-18-13-21(14-18)17(2)31-25-16-30-24-12-9-20(15-23(24)25)6-4-5-19-7-10-22(11-8-19)26(27,28)29/h7-12,15-16,18,21,30-31H,2-6,13-14H2,1H3. The first kappa shape index (κ1) is 21.5. The van der Waals surface area contributed by atoms with Gasteiger partial charge in [-0.25, -0.2) is 0 Å². The molecule has 0 saturated heterocycles. The number of nitrogens with one attached hydrogen (secondary N) is 2. The van der Waals surface area contributed by atoms with Crippen LogP contribution < -0.4 is 5.32 Å². The predicted molar refractivity (Wildman–Crippen MR) is 121 cm³/mol. The molecule has 0 unspecified atom stereocenters. The average molecular weight is 427 g/mol. The van der Waals surface area contributed by atoms with Gasteiger partial charge in [-0.2, -0.15) is 13.2 Å². The van der Waals surface area contributed by atoms with Crippen molar-refractivity contribution in [1.82, 2.24) is 4.98 Å². The molecule has 1 aliphatic rings. The Kier molecular flexibility index (Phi) is 6.12. The summed E-state index contributed by atoms with van der Waals surface area (Å²) in [4.78, 5) is 3.32. The lowest BCUT2D eigenvalue weighted by molar-refractivity contribution is -0.137. The summed E-state index contributed by atoms with van der Waals surface area (Å²) in [5.74, 6) is 1.39. The first-order chi connectivity index (χ1) is 14.8. The fourth-order valence-corrected chi connectivity index (χ4v) is 4.41. The molecule has 1 saturated carbocycles. The lowest BCUT2D eigenvalue weighted by atomic mass is 9.72. The van der Waals surface area contributed by atoms with Crippen LogP contribution in [0.25, 0.3) is 10.9 Å². The molecule has 1 heterocycles. The second-order valence-corrected chi connectivity index (χ2v) is 8.72. The van der Waals surface area contributed by atoms with Gasteiger partial charge in [-0.1, -0.05) is 38.1 Å². The molecule has 2 aromatic carbocycles. The van der Waals surface area contributed by atoms with E-state index in [4.69, 9.17) is 0 Å². The number of aromatic amines is 1. The lowest BCUT2D eigenvalue weighted by Gasteiger charge is -2.36. The first-order valence-corrected chi connectivity index (χ1v) is 11.1. The number of aryl methyl sites for hydroxylation is 2. The number of fused-ring (bicyclic) bond motifs is 1. The van der Waals surface area contributed by atoms with E-state index in [-0.39, 0.29) is 0 Å². The number of aromatic nitrogens is 1. The molecule has 0 amide bonds. The molecule has 2 N–H and O–H groups in total. The highest BCUT2D eigenvalue weighted by Gasteiger charge is 2.30. The van der Waals surface area contributed by atoms with Gasteiger partial charge in [0.25, 0.3) is 0 Å². The van der Waals surface area contributed by atoms with Crippen molar-refractivity contribution in [1.29, 1.82) is 0 Å². The number of alkyl halides is 3.